The van der Waals surface area contributed by atoms with Crippen LogP contribution >= 0.6 is 11.6 Å². The Morgan fingerprint density at radius 1 is 1.06 bits per heavy atom. The van der Waals surface area contributed by atoms with Crippen LogP contribution in [0, 0.1) is 11.3 Å². The number of rotatable bonds is 7. The van der Waals surface area contributed by atoms with E-state index in [0.29, 0.717) is 17.2 Å². The molecule has 0 aliphatic carbocycles. The molecule has 3 aromatic carbocycles. The lowest BCUT2D eigenvalue weighted by atomic mass is 9.98. The molecule has 34 heavy (non-hydrogen) atoms. The molecule has 1 aliphatic heterocycles. The molecule has 0 spiro atoms. The third-order valence-electron chi connectivity index (χ3n) is 6.11. The number of nitrogens with zero attached hydrogens (tertiary/aromatic N) is 3. The van der Waals surface area contributed by atoms with Crippen LogP contribution in [0.1, 0.15) is 35.2 Å². The van der Waals surface area contributed by atoms with Gasteiger partial charge in [-0.1, -0.05) is 60.1 Å². The zero-order valence-corrected chi connectivity index (χ0v) is 20.0. The molecule has 0 aromatic heterocycles. The first-order chi connectivity index (χ1) is 16.6. The normalized spacial score (nSPS) is 16.1. The topological polar surface area (TPSA) is 56.6 Å². The van der Waals surface area contributed by atoms with E-state index in [4.69, 9.17) is 16.3 Å². The van der Waals surface area contributed by atoms with Crippen molar-refractivity contribution < 1.29 is 9.53 Å². The molecule has 1 saturated heterocycles. The number of hydrogen-bond acceptors (Lipinski definition) is 5. The number of halogens is 1. The number of ether oxygens (including phenoxy) is 1. The highest BCUT2D eigenvalue weighted by Gasteiger charge is 2.30. The Kier molecular flexibility index (Phi) is 7.84. The summed E-state index contributed by atoms with van der Waals surface area (Å²) in [6, 6.07) is 26.5. The van der Waals surface area contributed by atoms with E-state index < -0.39 is 0 Å². The van der Waals surface area contributed by atoms with Gasteiger partial charge in [-0.25, -0.2) is 0 Å². The molecule has 3 aromatic rings. The quantitative estimate of drug-likeness (QED) is 0.431. The van der Waals surface area contributed by atoms with E-state index >= 15 is 0 Å². The van der Waals surface area contributed by atoms with Crippen LogP contribution in [0.4, 0.5) is 5.69 Å². The van der Waals surface area contributed by atoms with Gasteiger partial charge in [0.1, 0.15) is 6.07 Å². The Bertz CT molecular complexity index is 1160. The Hall–Kier alpha value is -3.33. The largest absolute Gasteiger partial charge is 0.466 e. The van der Waals surface area contributed by atoms with Crippen LogP contribution in [0.2, 0.25) is 5.02 Å². The second-order valence-corrected chi connectivity index (χ2v) is 8.86. The number of benzene rings is 3. The van der Waals surface area contributed by atoms with Crippen molar-refractivity contribution in [3.63, 3.8) is 0 Å². The number of esters is 1. The average molecular weight is 474 g/mol. The minimum absolute atomic E-state index is 0.0673. The van der Waals surface area contributed by atoms with E-state index in [1.54, 1.807) is 6.92 Å². The van der Waals surface area contributed by atoms with E-state index in [1.165, 1.54) is 5.56 Å². The van der Waals surface area contributed by atoms with E-state index in [0.717, 1.165) is 43.0 Å². The summed E-state index contributed by atoms with van der Waals surface area (Å²) in [7, 11) is 0. The first kappa shape index (κ1) is 23.8. The van der Waals surface area contributed by atoms with E-state index in [2.05, 4.69) is 52.3 Å². The molecular formula is C28H28ClN3O2. The van der Waals surface area contributed by atoms with Gasteiger partial charge in [0.05, 0.1) is 30.3 Å². The molecule has 0 bridgehead atoms. The molecule has 0 saturated carbocycles. The maximum absolute atomic E-state index is 11.9. The maximum atomic E-state index is 11.9. The van der Waals surface area contributed by atoms with Crippen LogP contribution in [0.3, 0.4) is 0 Å². The van der Waals surface area contributed by atoms with E-state index in [1.807, 2.05) is 36.4 Å². The lowest BCUT2D eigenvalue weighted by Gasteiger charge is -2.43. The van der Waals surface area contributed by atoms with Crippen LogP contribution in [0.25, 0.3) is 0 Å². The Balaban J connectivity index is 1.62. The molecule has 1 unspecified atom stereocenters. The number of nitriles is 1. The lowest BCUT2D eigenvalue weighted by Crippen LogP contribution is -2.48. The number of piperazine rings is 1. The van der Waals surface area contributed by atoms with Gasteiger partial charge in [0, 0.05) is 31.2 Å². The molecule has 0 radical (unpaired) electrons. The Morgan fingerprint density at radius 3 is 2.53 bits per heavy atom. The summed E-state index contributed by atoms with van der Waals surface area (Å²) >= 11 is 6.16. The summed E-state index contributed by atoms with van der Waals surface area (Å²) < 4.78 is 5.06. The molecule has 1 heterocycles. The molecule has 174 valence electrons. The first-order valence-electron chi connectivity index (χ1n) is 11.5. The predicted octanol–water partition coefficient (Wildman–Crippen LogP) is 5.38. The highest BCUT2D eigenvalue weighted by Crippen LogP contribution is 2.34. The van der Waals surface area contributed by atoms with Gasteiger partial charge in [-0.3, -0.25) is 9.69 Å². The van der Waals surface area contributed by atoms with Crippen LogP contribution < -0.4 is 4.90 Å². The van der Waals surface area contributed by atoms with Crippen LogP contribution in [-0.4, -0.2) is 37.1 Å². The maximum Gasteiger partial charge on any atom is 0.310 e. The SMILES string of the molecule is CCOC(=O)Cc1ccc(N2CCN(Cc3ccccc3)CC2c2ccc(Cl)cc2)c(C#N)c1. The average Bonchev–Trinajstić information content (AvgIpc) is 2.85. The summed E-state index contributed by atoms with van der Waals surface area (Å²) in [5, 5.41) is 10.6. The number of carbonyl (C=O) groups excluding carboxylic acids is 1. The first-order valence-corrected chi connectivity index (χ1v) is 11.9. The fourth-order valence-corrected chi connectivity index (χ4v) is 4.62. The van der Waals surface area contributed by atoms with Crippen molar-refractivity contribution in [2.24, 2.45) is 0 Å². The standard InChI is InChI=1S/C28H28ClN3O2/c1-2-34-28(33)17-22-8-13-26(24(16-22)18-30)32-15-14-31(19-21-6-4-3-5-7-21)20-27(32)23-9-11-25(29)12-10-23/h3-13,16,27H,2,14-15,17,19-20H2,1H3. The van der Waals surface area contributed by atoms with Gasteiger partial charge in [-0.05, 0) is 47.9 Å². The summed E-state index contributed by atoms with van der Waals surface area (Å²) in [4.78, 5) is 16.7. The summed E-state index contributed by atoms with van der Waals surface area (Å²) in [5.74, 6) is -0.285. The van der Waals surface area contributed by atoms with Gasteiger partial charge >= 0.3 is 5.97 Å². The zero-order valence-electron chi connectivity index (χ0n) is 19.3. The van der Waals surface area contributed by atoms with Gasteiger partial charge in [0.25, 0.3) is 0 Å². The fourth-order valence-electron chi connectivity index (χ4n) is 4.50. The molecule has 6 heteroatoms. The van der Waals surface area contributed by atoms with Crippen molar-refractivity contribution in [2.45, 2.75) is 25.9 Å². The van der Waals surface area contributed by atoms with E-state index in [-0.39, 0.29) is 18.4 Å². The Morgan fingerprint density at radius 2 is 1.82 bits per heavy atom. The van der Waals surface area contributed by atoms with Gasteiger partial charge in [-0.15, -0.1) is 0 Å². The number of anilines is 1. The molecular weight excluding hydrogens is 446 g/mol. The van der Waals surface area contributed by atoms with Gasteiger partial charge in [0.15, 0.2) is 0 Å². The second-order valence-electron chi connectivity index (χ2n) is 8.43. The van der Waals surface area contributed by atoms with Crippen molar-refractivity contribution >= 4 is 23.3 Å². The monoisotopic (exact) mass is 473 g/mol. The Labute approximate surface area is 206 Å². The number of carbonyl (C=O) groups is 1. The van der Waals surface area contributed by atoms with Crippen molar-refractivity contribution in [1.82, 2.24) is 4.90 Å². The van der Waals surface area contributed by atoms with Crippen LogP contribution in [-0.2, 0) is 22.5 Å². The van der Waals surface area contributed by atoms with Gasteiger partial charge in [-0.2, -0.15) is 5.26 Å². The summed E-state index contributed by atoms with van der Waals surface area (Å²) in [6.07, 6.45) is 0.161. The third kappa shape index (κ3) is 5.77. The second kappa shape index (κ2) is 11.2. The molecule has 1 aliphatic rings. The summed E-state index contributed by atoms with van der Waals surface area (Å²) in [5.41, 5.74) is 4.67. The lowest BCUT2D eigenvalue weighted by molar-refractivity contribution is -0.142. The molecule has 1 fully saturated rings. The zero-order chi connectivity index (χ0) is 23.9. The molecule has 0 N–H and O–H groups in total. The van der Waals surface area contributed by atoms with Crippen molar-refractivity contribution in [2.75, 3.05) is 31.1 Å². The predicted molar refractivity (Wildman–Crippen MR) is 135 cm³/mol. The minimum Gasteiger partial charge on any atom is -0.466 e. The highest BCUT2D eigenvalue weighted by atomic mass is 35.5. The van der Waals surface area contributed by atoms with Crippen molar-refractivity contribution in [3.05, 3.63) is 100 Å². The van der Waals surface area contributed by atoms with E-state index in [9.17, 15) is 10.1 Å². The molecule has 0 amide bonds. The van der Waals surface area contributed by atoms with Crippen molar-refractivity contribution in [3.8, 4) is 6.07 Å². The smallest absolute Gasteiger partial charge is 0.310 e. The minimum atomic E-state index is -0.285. The number of hydrogen-bond donors (Lipinski definition) is 0. The van der Waals surface area contributed by atoms with Gasteiger partial charge < -0.3 is 9.64 Å². The third-order valence-corrected chi connectivity index (χ3v) is 6.36. The van der Waals surface area contributed by atoms with Crippen molar-refractivity contribution in [1.29, 1.82) is 5.26 Å². The molecule has 5 nitrogen and oxygen atoms in total. The summed E-state index contributed by atoms with van der Waals surface area (Å²) in [6.45, 7) is 5.50. The van der Waals surface area contributed by atoms with Gasteiger partial charge in [0.2, 0.25) is 0 Å². The molecule has 4 rings (SSSR count). The van der Waals surface area contributed by atoms with Crippen LogP contribution in [0.15, 0.2) is 72.8 Å². The molecule has 1 atom stereocenters. The highest BCUT2D eigenvalue weighted by molar-refractivity contribution is 6.30. The fraction of sp³-hybridized carbons (Fsp3) is 0.286. The van der Waals surface area contributed by atoms with Crippen LogP contribution in [0.5, 0.6) is 0 Å².